The topological polar surface area (TPSA) is 110 Å². The smallest absolute Gasteiger partial charge is 0.336 e. The Labute approximate surface area is 125 Å². The number of aryl methyl sites for hydroxylation is 1. The van der Waals surface area contributed by atoms with Gasteiger partial charge in [-0.3, -0.25) is 14.9 Å². The lowest BCUT2D eigenvalue weighted by molar-refractivity contribution is -0.385. The summed E-state index contributed by atoms with van der Waals surface area (Å²) in [7, 11) is 0. The lowest BCUT2D eigenvalue weighted by atomic mass is 10.1. The molecule has 2 aromatic carbocycles. The summed E-state index contributed by atoms with van der Waals surface area (Å²) in [5.74, 6) is -1.79. The van der Waals surface area contributed by atoms with Crippen LogP contribution >= 0.6 is 0 Å². The number of amides is 1. The number of benzene rings is 2. The molecule has 0 atom stereocenters. The van der Waals surface area contributed by atoms with E-state index in [4.69, 9.17) is 5.11 Å². The Morgan fingerprint density at radius 2 is 1.77 bits per heavy atom. The Kier molecular flexibility index (Phi) is 4.17. The van der Waals surface area contributed by atoms with Gasteiger partial charge in [-0.15, -0.1) is 0 Å². The van der Waals surface area contributed by atoms with Crippen molar-refractivity contribution in [2.45, 2.75) is 6.92 Å². The lowest BCUT2D eigenvalue weighted by Gasteiger charge is -2.08. The molecule has 0 aliphatic rings. The first-order chi connectivity index (χ1) is 10.4. The van der Waals surface area contributed by atoms with Gasteiger partial charge in [-0.25, -0.2) is 4.79 Å². The van der Waals surface area contributed by atoms with E-state index in [0.29, 0.717) is 11.3 Å². The number of nitrogens with zero attached hydrogens (tertiary/aromatic N) is 1. The number of carboxylic acids is 1. The highest BCUT2D eigenvalue weighted by Gasteiger charge is 2.17. The predicted octanol–water partition coefficient (Wildman–Crippen LogP) is 2.85. The van der Waals surface area contributed by atoms with E-state index in [-0.39, 0.29) is 16.8 Å². The normalized spacial score (nSPS) is 10.0. The van der Waals surface area contributed by atoms with Crippen molar-refractivity contribution >= 4 is 23.3 Å². The van der Waals surface area contributed by atoms with Crippen LogP contribution < -0.4 is 5.32 Å². The Morgan fingerprint density at radius 3 is 2.32 bits per heavy atom. The predicted molar refractivity (Wildman–Crippen MR) is 79.2 cm³/mol. The molecule has 0 saturated carbocycles. The number of hydrogen-bond donors (Lipinski definition) is 2. The maximum atomic E-state index is 12.2. The maximum absolute atomic E-state index is 12.2. The molecule has 2 aromatic rings. The number of carboxylic acid groups (broad SMARTS) is 1. The molecule has 7 heteroatoms. The summed E-state index contributed by atoms with van der Waals surface area (Å²) < 4.78 is 0. The van der Waals surface area contributed by atoms with Crippen molar-refractivity contribution in [1.82, 2.24) is 0 Å². The van der Waals surface area contributed by atoms with Gasteiger partial charge in [-0.05, 0) is 31.2 Å². The third kappa shape index (κ3) is 3.09. The van der Waals surface area contributed by atoms with Crippen molar-refractivity contribution in [2.75, 3.05) is 5.32 Å². The second kappa shape index (κ2) is 6.04. The van der Waals surface area contributed by atoms with Crippen molar-refractivity contribution in [3.8, 4) is 0 Å². The molecular weight excluding hydrogens is 288 g/mol. The molecular formula is C15H12N2O5. The van der Waals surface area contributed by atoms with Crippen molar-refractivity contribution in [1.29, 1.82) is 0 Å². The first kappa shape index (κ1) is 15.2. The molecule has 0 heterocycles. The number of nitrogens with one attached hydrogen (secondary N) is 1. The molecule has 0 saturated heterocycles. The molecule has 2 rings (SSSR count). The zero-order chi connectivity index (χ0) is 16.3. The number of anilines is 1. The largest absolute Gasteiger partial charge is 0.478 e. The maximum Gasteiger partial charge on any atom is 0.336 e. The summed E-state index contributed by atoms with van der Waals surface area (Å²) in [6.45, 7) is 1.55. The van der Waals surface area contributed by atoms with E-state index in [9.17, 15) is 19.7 Å². The third-order valence-corrected chi connectivity index (χ3v) is 3.05. The van der Waals surface area contributed by atoms with Crippen LogP contribution in [0.1, 0.15) is 26.3 Å². The molecule has 112 valence electrons. The third-order valence-electron chi connectivity index (χ3n) is 3.05. The fourth-order valence-electron chi connectivity index (χ4n) is 2.00. The standard InChI is InChI=1S/C15H12N2O5/c1-9-8-10(6-7-13(9)17(21)22)16-14(18)11-4-2-3-5-12(11)15(19)20/h2-8H,1H3,(H,16,18)(H,19,20). The number of nitro groups is 1. The first-order valence-corrected chi connectivity index (χ1v) is 6.29. The Balaban J connectivity index is 2.28. The molecule has 0 radical (unpaired) electrons. The number of rotatable bonds is 4. The van der Waals surface area contributed by atoms with E-state index in [1.54, 1.807) is 13.0 Å². The zero-order valence-corrected chi connectivity index (χ0v) is 11.6. The molecule has 22 heavy (non-hydrogen) atoms. The van der Waals surface area contributed by atoms with Gasteiger partial charge in [0.1, 0.15) is 0 Å². The average molecular weight is 300 g/mol. The van der Waals surface area contributed by atoms with Gasteiger partial charge in [-0.1, -0.05) is 12.1 Å². The van der Waals surface area contributed by atoms with Crippen LogP contribution in [-0.4, -0.2) is 21.9 Å². The van der Waals surface area contributed by atoms with Gasteiger partial charge in [0, 0.05) is 17.3 Å². The SMILES string of the molecule is Cc1cc(NC(=O)c2ccccc2C(=O)O)ccc1[N+](=O)[O-]. The highest BCUT2D eigenvalue weighted by Crippen LogP contribution is 2.22. The second-order valence-corrected chi connectivity index (χ2v) is 4.56. The number of carbonyl (C=O) groups excluding carboxylic acids is 1. The monoisotopic (exact) mass is 300 g/mol. The van der Waals surface area contributed by atoms with Gasteiger partial charge in [0.2, 0.25) is 0 Å². The molecule has 0 aromatic heterocycles. The van der Waals surface area contributed by atoms with Gasteiger partial charge in [0.25, 0.3) is 11.6 Å². The molecule has 0 unspecified atom stereocenters. The van der Waals surface area contributed by atoms with Crippen LogP contribution in [0.25, 0.3) is 0 Å². The summed E-state index contributed by atoms with van der Waals surface area (Å²) in [5.41, 5.74) is 0.608. The number of carbonyl (C=O) groups is 2. The Bertz CT molecular complexity index is 770. The molecule has 2 N–H and O–H groups in total. The highest BCUT2D eigenvalue weighted by molar-refractivity contribution is 6.10. The summed E-state index contributed by atoms with van der Waals surface area (Å²) in [4.78, 5) is 33.5. The van der Waals surface area contributed by atoms with Crippen LogP contribution in [0.5, 0.6) is 0 Å². The Morgan fingerprint density at radius 1 is 1.14 bits per heavy atom. The summed E-state index contributed by atoms with van der Waals surface area (Å²) in [6, 6.07) is 9.95. The van der Waals surface area contributed by atoms with E-state index in [1.807, 2.05) is 0 Å². The minimum Gasteiger partial charge on any atom is -0.478 e. The Hall–Kier alpha value is -3.22. The van der Waals surface area contributed by atoms with E-state index < -0.39 is 16.8 Å². The number of nitro benzene ring substituents is 1. The highest BCUT2D eigenvalue weighted by atomic mass is 16.6. The minimum absolute atomic E-state index is 0.0194. The molecule has 0 aliphatic carbocycles. The lowest BCUT2D eigenvalue weighted by Crippen LogP contribution is -2.16. The summed E-state index contributed by atoms with van der Waals surface area (Å²) in [6.07, 6.45) is 0. The van der Waals surface area contributed by atoms with Gasteiger partial charge in [-0.2, -0.15) is 0 Å². The molecule has 0 bridgehead atoms. The summed E-state index contributed by atoms with van der Waals surface area (Å²) >= 11 is 0. The fraction of sp³-hybridized carbons (Fsp3) is 0.0667. The molecule has 0 spiro atoms. The molecule has 0 aliphatic heterocycles. The first-order valence-electron chi connectivity index (χ1n) is 6.29. The summed E-state index contributed by atoms with van der Waals surface area (Å²) in [5, 5.41) is 22.4. The van der Waals surface area contributed by atoms with Crippen LogP contribution in [-0.2, 0) is 0 Å². The van der Waals surface area contributed by atoms with Crippen molar-refractivity contribution in [3.63, 3.8) is 0 Å². The van der Waals surface area contributed by atoms with Crippen LogP contribution in [0.15, 0.2) is 42.5 Å². The van der Waals surface area contributed by atoms with Gasteiger partial charge in [0.15, 0.2) is 0 Å². The van der Waals surface area contributed by atoms with Crippen LogP contribution in [0.4, 0.5) is 11.4 Å². The average Bonchev–Trinajstić information content (AvgIpc) is 2.46. The van der Waals surface area contributed by atoms with Crippen molar-refractivity contribution in [3.05, 3.63) is 69.3 Å². The van der Waals surface area contributed by atoms with Crippen molar-refractivity contribution in [2.24, 2.45) is 0 Å². The minimum atomic E-state index is -1.20. The number of aromatic carboxylic acids is 1. The van der Waals surface area contributed by atoms with E-state index in [0.717, 1.165) is 0 Å². The quantitative estimate of drug-likeness (QED) is 0.666. The zero-order valence-electron chi connectivity index (χ0n) is 11.6. The van der Waals surface area contributed by atoms with Gasteiger partial charge >= 0.3 is 5.97 Å². The molecule has 0 fully saturated rings. The number of hydrogen-bond acceptors (Lipinski definition) is 4. The van der Waals surface area contributed by atoms with E-state index >= 15 is 0 Å². The fourth-order valence-corrected chi connectivity index (χ4v) is 2.00. The van der Waals surface area contributed by atoms with E-state index in [2.05, 4.69) is 5.32 Å². The van der Waals surface area contributed by atoms with E-state index in [1.165, 1.54) is 36.4 Å². The van der Waals surface area contributed by atoms with Crippen LogP contribution in [0.3, 0.4) is 0 Å². The molecule has 1 amide bonds. The second-order valence-electron chi connectivity index (χ2n) is 4.56. The molecule has 7 nitrogen and oxygen atoms in total. The van der Waals surface area contributed by atoms with Gasteiger partial charge in [0.05, 0.1) is 16.1 Å². The van der Waals surface area contributed by atoms with Gasteiger partial charge < -0.3 is 10.4 Å². The van der Waals surface area contributed by atoms with Crippen LogP contribution in [0, 0.1) is 17.0 Å². The van der Waals surface area contributed by atoms with Crippen LogP contribution in [0.2, 0.25) is 0 Å². The van der Waals surface area contributed by atoms with Crippen molar-refractivity contribution < 1.29 is 19.6 Å².